The number of aryl methyl sites for hydroxylation is 1. The van der Waals surface area contributed by atoms with Crippen molar-refractivity contribution >= 4 is 10.9 Å². The number of pyridine rings is 1. The summed E-state index contributed by atoms with van der Waals surface area (Å²) in [5.74, 6) is 0.844. The summed E-state index contributed by atoms with van der Waals surface area (Å²) in [7, 11) is 6.06. The molecule has 4 nitrogen and oxygen atoms in total. The second-order valence-corrected chi connectivity index (χ2v) is 8.07. The van der Waals surface area contributed by atoms with E-state index in [1.54, 1.807) is 7.11 Å². The van der Waals surface area contributed by atoms with Gasteiger partial charge in [0.05, 0.1) is 18.3 Å². The van der Waals surface area contributed by atoms with Crippen LogP contribution in [-0.4, -0.2) is 55.1 Å². The zero-order chi connectivity index (χ0) is 19.7. The lowest BCUT2D eigenvalue weighted by Crippen LogP contribution is -2.31. The van der Waals surface area contributed by atoms with E-state index in [2.05, 4.69) is 67.2 Å². The van der Waals surface area contributed by atoms with Crippen molar-refractivity contribution in [3.05, 3.63) is 59.7 Å². The predicted octanol–water partition coefficient (Wildman–Crippen LogP) is 4.35. The highest BCUT2D eigenvalue weighted by atomic mass is 16.5. The Bertz CT molecular complexity index is 983. The van der Waals surface area contributed by atoms with Gasteiger partial charge in [0.2, 0.25) is 0 Å². The molecule has 0 amide bonds. The van der Waals surface area contributed by atoms with E-state index in [1.807, 2.05) is 12.1 Å². The van der Waals surface area contributed by atoms with Crippen LogP contribution in [0.1, 0.15) is 17.5 Å². The van der Waals surface area contributed by atoms with Crippen LogP contribution in [0.25, 0.3) is 22.2 Å². The summed E-state index contributed by atoms with van der Waals surface area (Å²) >= 11 is 0. The summed E-state index contributed by atoms with van der Waals surface area (Å²) in [4.78, 5) is 9.97. The van der Waals surface area contributed by atoms with E-state index < -0.39 is 0 Å². The summed E-state index contributed by atoms with van der Waals surface area (Å²) < 4.78 is 5.41. The van der Waals surface area contributed by atoms with E-state index in [0.717, 1.165) is 42.0 Å². The van der Waals surface area contributed by atoms with Gasteiger partial charge < -0.3 is 9.64 Å². The number of fused-ring (bicyclic) bond motifs is 1. The molecular formula is C24H29N3O. The van der Waals surface area contributed by atoms with Gasteiger partial charge in [-0.2, -0.15) is 0 Å². The Hall–Kier alpha value is -2.43. The molecule has 1 saturated heterocycles. The zero-order valence-corrected chi connectivity index (χ0v) is 17.3. The van der Waals surface area contributed by atoms with Gasteiger partial charge in [-0.15, -0.1) is 0 Å². The van der Waals surface area contributed by atoms with Crippen molar-refractivity contribution in [3.63, 3.8) is 0 Å². The van der Waals surface area contributed by atoms with Crippen LogP contribution >= 0.6 is 0 Å². The monoisotopic (exact) mass is 375 g/mol. The molecule has 4 heteroatoms. The first-order valence-electron chi connectivity index (χ1n) is 9.97. The molecule has 1 aliphatic heterocycles. The number of nitrogens with zero attached hydrogens (tertiary/aromatic N) is 3. The summed E-state index contributed by atoms with van der Waals surface area (Å²) in [6.07, 6.45) is 1.23. The number of likely N-dealkylation sites (tertiary alicyclic amines) is 1. The van der Waals surface area contributed by atoms with Gasteiger partial charge in [0.1, 0.15) is 5.75 Å². The van der Waals surface area contributed by atoms with E-state index >= 15 is 0 Å². The van der Waals surface area contributed by atoms with Gasteiger partial charge in [0, 0.05) is 42.7 Å². The number of hydrogen-bond donors (Lipinski definition) is 0. The molecule has 0 radical (unpaired) electrons. The number of methoxy groups -OCH3 is 1. The maximum atomic E-state index is 5.41. The Morgan fingerprint density at radius 3 is 2.71 bits per heavy atom. The van der Waals surface area contributed by atoms with Crippen LogP contribution in [0.2, 0.25) is 0 Å². The fraction of sp³-hybridized carbons (Fsp3) is 0.375. The molecule has 0 saturated carbocycles. The van der Waals surface area contributed by atoms with Crippen molar-refractivity contribution in [2.75, 3.05) is 34.3 Å². The molecule has 0 spiro atoms. The Morgan fingerprint density at radius 2 is 2.00 bits per heavy atom. The average Bonchev–Trinajstić information content (AvgIpc) is 3.16. The second kappa shape index (κ2) is 7.90. The van der Waals surface area contributed by atoms with Gasteiger partial charge >= 0.3 is 0 Å². The first kappa shape index (κ1) is 18.9. The third kappa shape index (κ3) is 3.89. The lowest BCUT2D eigenvalue weighted by Gasteiger charge is -2.21. The Balaban J connectivity index is 1.76. The maximum absolute atomic E-state index is 5.41. The number of hydrogen-bond acceptors (Lipinski definition) is 4. The summed E-state index contributed by atoms with van der Waals surface area (Å²) in [5.41, 5.74) is 5.79. The molecule has 3 aromatic rings. The topological polar surface area (TPSA) is 28.6 Å². The Morgan fingerprint density at radius 1 is 1.14 bits per heavy atom. The van der Waals surface area contributed by atoms with Crippen molar-refractivity contribution in [2.45, 2.75) is 25.9 Å². The van der Waals surface area contributed by atoms with E-state index in [-0.39, 0.29) is 0 Å². The number of aromatic nitrogens is 1. The van der Waals surface area contributed by atoms with Crippen LogP contribution in [0.3, 0.4) is 0 Å². The summed E-state index contributed by atoms with van der Waals surface area (Å²) in [6, 6.07) is 17.7. The summed E-state index contributed by atoms with van der Waals surface area (Å²) in [5, 5.41) is 1.16. The summed E-state index contributed by atoms with van der Waals surface area (Å²) in [6.45, 7) is 5.32. The molecule has 1 aliphatic rings. The van der Waals surface area contributed by atoms with Gasteiger partial charge in [-0.3, -0.25) is 4.90 Å². The van der Waals surface area contributed by atoms with Crippen LogP contribution < -0.4 is 4.74 Å². The lowest BCUT2D eigenvalue weighted by atomic mass is 10.0. The minimum Gasteiger partial charge on any atom is -0.497 e. The molecular weight excluding hydrogens is 346 g/mol. The number of ether oxygens (including phenoxy) is 1. The van der Waals surface area contributed by atoms with E-state index in [0.29, 0.717) is 6.04 Å². The Labute approximate surface area is 167 Å². The molecule has 0 aliphatic carbocycles. The van der Waals surface area contributed by atoms with Crippen molar-refractivity contribution in [3.8, 4) is 17.0 Å². The lowest BCUT2D eigenvalue weighted by molar-refractivity contribution is 0.265. The molecule has 1 unspecified atom stereocenters. The third-order valence-electron chi connectivity index (χ3n) is 5.77. The first-order chi connectivity index (χ1) is 13.5. The predicted molar refractivity (Wildman–Crippen MR) is 116 cm³/mol. The van der Waals surface area contributed by atoms with Crippen LogP contribution in [0.4, 0.5) is 0 Å². The quantitative estimate of drug-likeness (QED) is 0.663. The van der Waals surface area contributed by atoms with E-state index in [9.17, 15) is 0 Å². The van der Waals surface area contributed by atoms with Crippen molar-refractivity contribution < 1.29 is 4.74 Å². The molecule has 0 N–H and O–H groups in total. The first-order valence-corrected chi connectivity index (χ1v) is 9.97. The van der Waals surface area contributed by atoms with Gasteiger partial charge in [-0.1, -0.05) is 23.8 Å². The van der Waals surface area contributed by atoms with Crippen LogP contribution in [0.5, 0.6) is 5.75 Å². The molecule has 28 heavy (non-hydrogen) atoms. The molecule has 2 aromatic carbocycles. The fourth-order valence-corrected chi connectivity index (χ4v) is 4.10. The third-order valence-corrected chi connectivity index (χ3v) is 5.77. The normalized spacial score (nSPS) is 17.5. The zero-order valence-electron chi connectivity index (χ0n) is 17.3. The standard InChI is InChI=1S/C24H29N3O/c1-17-6-5-7-19(12-17)24-20(15-27-11-10-21(16-27)26(2)3)13-18-8-9-22(28-4)14-23(18)25-24/h5-9,12-14,21H,10-11,15-16H2,1-4H3. The molecule has 2 heterocycles. The molecule has 1 atom stereocenters. The maximum Gasteiger partial charge on any atom is 0.121 e. The van der Waals surface area contributed by atoms with Crippen molar-refractivity contribution in [1.82, 2.24) is 14.8 Å². The van der Waals surface area contributed by atoms with Gasteiger partial charge in [0.25, 0.3) is 0 Å². The largest absolute Gasteiger partial charge is 0.497 e. The van der Waals surface area contributed by atoms with Crippen LogP contribution in [0, 0.1) is 6.92 Å². The number of benzene rings is 2. The fourth-order valence-electron chi connectivity index (χ4n) is 4.10. The average molecular weight is 376 g/mol. The van der Waals surface area contributed by atoms with E-state index in [1.165, 1.54) is 23.1 Å². The second-order valence-electron chi connectivity index (χ2n) is 8.07. The molecule has 146 valence electrons. The SMILES string of the molecule is COc1ccc2cc(CN3CCC(N(C)C)C3)c(-c3cccc(C)c3)nc2c1. The van der Waals surface area contributed by atoms with E-state index in [4.69, 9.17) is 9.72 Å². The highest BCUT2D eigenvalue weighted by molar-refractivity contribution is 5.84. The van der Waals surface area contributed by atoms with Crippen LogP contribution in [-0.2, 0) is 6.54 Å². The molecule has 1 fully saturated rings. The minimum atomic E-state index is 0.639. The molecule has 0 bridgehead atoms. The van der Waals surface area contributed by atoms with Crippen LogP contribution in [0.15, 0.2) is 48.5 Å². The molecule has 1 aromatic heterocycles. The number of likely N-dealkylation sites (N-methyl/N-ethyl adjacent to an activating group) is 1. The minimum absolute atomic E-state index is 0.639. The van der Waals surface area contributed by atoms with Crippen molar-refractivity contribution in [2.24, 2.45) is 0 Å². The van der Waals surface area contributed by atoms with Crippen molar-refractivity contribution in [1.29, 1.82) is 0 Å². The highest BCUT2D eigenvalue weighted by Gasteiger charge is 2.25. The van der Waals surface area contributed by atoms with Gasteiger partial charge in [-0.25, -0.2) is 4.98 Å². The van der Waals surface area contributed by atoms with Gasteiger partial charge in [0.15, 0.2) is 0 Å². The molecule has 4 rings (SSSR count). The highest BCUT2D eigenvalue weighted by Crippen LogP contribution is 2.30. The van der Waals surface area contributed by atoms with Gasteiger partial charge in [-0.05, 0) is 57.3 Å². The Kier molecular flexibility index (Phi) is 5.33. The number of rotatable bonds is 5. The smallest absolute Gasteiger partial charge is 0.121 e.